The van der Waals surface area contributed by atoms with Gasteiger partial charge in [-0.25, -0.2) is 13.4 Å². The highest BCUT2D eigenvalue weighted by molar-refractivity contribution is 7.90. The van der Waals surface area contributed by atoms with Crippen LogP contribution in [0.4, 0.5) is 5.13 Å². The normalized spacial score (nSPS) is 11.9. The molecule has 3 aromatic rings. The molecule has 0 atom stereocenters. The van der Waals surface area contributed by atoms with Crippen LogP contribution in [0.1, 0.15) is 5.56 Å². The van der Waals surface area contributed by atoms with Crippen LogP contribution >= 0.6 is 22.9 Å². The van der Waals surface area contributed by atoms with Gasteiger partial charge in [0.1, 0.15) is 0 Å². The van der Waals surface area contributed by atoms with E-state index in [1.807, 2.05) is 12.1 Å². The highest BCUT2D eigenvalue weighted by atomic mass is 35.5. The minimum absolute atomic E-state index is 0.222. The molecule has 0 fully saturated rings. The van der Waals surface area contributed by atoms with Gasteiger partial charge in [0, 0.05) is 17.4 Å². The Kier molecular flexibility index (Phi) is 4.89. The van der Waals surface area contributed by atoms with Crippen molar-refractivity contribution in [2.24, 2.45) is 0 Å². The van der Waals surface area contributed by atoms with E-state index in [4.69, 9.17) is 11.6 Å². The molecule has 0 radical (unpaired) electrons. The summed E-state index contributed by atoms with van der Waals surface area (Å²) in [4.78, 5) is 16.5. The summed E-state index contributed by atoms with van der Waals surface area (Å²) in [5.74, 6) is -0.345. The summed E-state index contributed by atoms with van der Waals surface area (Å²) >= 11 is 7.24. The molecule has 25 heavy (non-hydrogen) atoms. The second kappa shape index (κ2) is 6.95. The number of hydrogen-bond donors (Lipinski definition) is 1. The molecule has 0 saturated heterocycles. The number of amides is 1. The fourth-order valence-corrected chi connectivity index (χ4v) is 3.94. The lowest BCUT2D eigenvalue weighted by atomic mass is 10.2. The van der Waals surface area contributed by atoms with Gasteiger partial charge in [0.05, 0.1) is 15.1 Å². The molecule has 0 spiro atoms. The average Bonchev–Trinajstić information content (AvgIpc) is 2.94. The van der Waals surface area contributed by atoms with Gasteiger partial charge in [-0.3, -0.25) is 10.1 Å². The van der Waals surface area contributed by atoms with Gasteiger partial charge in [-0.2, -0.15) is 0 Å². The first-order chi connectivity index (χ1) is 11.8. The number of nitrogens with zero attached hydrogens (tertiary/aromatic N) is 1. The maximum absolute atomic E-state index is 12.0. The van der Waals surface area contributed by atoms with E-state index in [-0.39, 0.29) is 10.8 Å². The molecule has 0 unspecified atom stereocenters. The van der Waals surface area contributed by atoms with E-state index < -0.39 is 9.84 Å². The third kappa shape index (κ3) is 4.25. The third-order valence-corrected chi connectivity index (χ3v) is 5.73. The SMILES string of the molecule is CS(=O)(=O)c1ccc2nc(NC(=O)/C=C/c3ccccc3Cl)sc2c1. The summed E-state index contributed by atoms with van der Waals surface area (Å²) in [6.45, 7) is 0. The highest BCUT2D eigenvalue weighted by Gasteiger charge is 2.11. The molecule has 8 heteroatoms. The number of sulfone groups is 1. The van der Waals surface area contributed by atoms with E-state index in [9.17, 15) is 13.2 Å². The Morgan fingerprint density at radius 2 is 2.00 bits per heavy atom. The molecule has 5 nitrogen and oxygen atoms in total. The Bertz CT molecular complexity index is 1090. The van der Waals surface area contributed by atoms with Gasteiger partial charge < -0.3 is 0 Å². The molecule has 1 aromatic heterocycles. The Morgan fingerprint density at radius 1 is 1.24 bits per heavy atom. The van der Waals surface area contributed by atoms with E-state index in [1.165, 1.54) is 23.5 Å². The maximum Gasteiger partial charge on any atom is 0.250 e. The minimum atomic E-state index is -3.28. The molecule has 1 N–H and O–H groups in total. The zero-order valence-corrected chi connectivity index (χ0v) is 15.5. The molecule has 128 valence electrons. The minimum Gasteiger partial charge on any atom is -0.298 e. The van der Waals surface area contributed by atoms with Gasteiger partial charge in [-0.15, -0.1) is 0 Å². The third-order valence-electron chi connectivity index (χ3n) is 3.34. The average molecular weight is 393 g/mol. The fourth-order valence-electron chi connectivity index (χ4n) is 2.11. The van der Waals surface area contributed by atoms with Crippen LogP contribution in [0, 0.1) is 0 Å². The first-order valence-corrected chi connectivity index (χ1v) is 10.3. The lowest BCUT2D eigenvalue weighted by Crippen LogP contribution is -2.07. The van der Waals surface area contributed by atoms with Crippen LogP contribution in [0.15, 0.2) is 53.4 Å². The number of anilines is 1. The molecule has 0 aliphatic heterocycles. The van der Waals surface area contributed by atoms with E-state index >= 15 is 0 Å². The van der Waals surface area contributed by atoms with E-state index in [1.54, 1.807) is 30.3 Å². The van der Waals surface area contributed by atoms with E-state index in [2.05, 4.69) is 10.3 Å². The summed E-state index contributed by atoms with van der Waals surface area (Å²) in [6, 6.07) is 11.9. The first-order valence-electron chi connectivity index (χ1n) is 7.17. The second-order valence-electron chi connectivity index (χ2n) is 5.26. The van der Waals surface area contributed by atoms with Gasteiger partial charge in [-0.1, -0.05) is 41.1 Å². The van der Waals surface area contributed by atoms with Crippen molar-refractivity contribution >= 4 is 60.1 Å². The van der Waals surface area contributed by atoms with Gasteiger partial charge in [0.25, 0.3) is 0 Å². The van der Waals surface area contributed by atoms with Crippen molar-refractivity contribution < 1.29 is 13.2 Å². The number of hydrogen-bond acceptors (Lipinski definition) is 5. The van der Waals surface area contributed by atoms with Crippen molar-refractivity contribution in [2.45, 2.75) is 4.90 Å². The Hall–Kier alpha value is -2.22. The Morgan fingerprint density at radius 3 is 2.72 bits per heavy atom. The number of nitrogens with one attached hydrogen (secondary N) is 1. The predicted octanol–water partition coefficient (Wildman–Crippen LogP) is 4.01. The summed E-state index contributed by atoms with van der Waals surface area (Å²) < 4.78 is 23.9. The van der Waals surface area contributed by atoms with Crippen LogP contribution in [-0.4, -0.2) is 25.6 Å². The molecule has 0 bridgehead atoms. The smallest absolute Gasteiger partial charge is 0.250 e. The summed E-state index contributed by atoms with van der Waals surface area (Å²) in [5, 5.41) is 3.62. The lowest BCUT2D eigenvalue weighted by Gasteiger charge is -1.97. The van der Waals surface area contributed by atoms with Gasteiger partial charge in [0.15, 0.2) is 15.0 Å². The number of halogens is 1. The van der Waals surface area contributed by atoms with Crippen LogP contribution in [0.5, 0.6) is 0 Å². The number of rotatable bonds is 4. The summed E-state index contributed by atoms with van der Waals surface area (Å²) in [6.07, 6.45) is 4.14. The van der Waals surface area contributed by atoms with Crippen molar-refractivity contribution in [3.63, 3.8) is 0 Å². The zero-order valence-electron chi connectivity index (χ0n) is 13.1. The standard InChI is InChI=1S/C17H13ClN2O3S2/c1-25(22,23)12-7-8-14-15(10-12)24-17(19-14)20-16(21)9-6-11-4-2-3-5-13(11)18/h2-10H,1H3,(H,19,20,21)/b9-6+. The monoisotopic (exact) mass is 392 g/mol. The van der Waals surface area contributed by atoms with Crippen molar-refractivity contribution in [3.8, 4) is 0 Å². The number of aromatic nitrogens is 1. The fraction of sp³-hybridized carbons (Fsp3) is 0.0588. The number of thiazole rings is 1. The van der Waals surface area contributed by atoms with Gasteiger partial charge in [-0.05, 0) is 35.9 Å². The molecule has 1 heterocycles. The van der Waals surface area contributed by atoms with Crippen molar-refractivity contribution in [2.75, 3.05) is 11.6 Å². The number of carbonyl (C=O) groups is 1. The van der Waals surface area contributed by atoms with Crippen LogP contribution in [0.3, 0.4) is 0 Å². The Labute approximate surface area is 153 Å². The van der Waals surface area contributed by atoms with Crippen LogP contribution in [0.2, 0.25) is 5.02 Å². The van der Waals surface area contributed by atoms with E-state index in [0.29, 0.717) is 20.4 Å². The quantitative estimate of drug-likeness (QED) is 0.681. The largest absolute Gasteiger partial charge is 0.298 e. The van der Waals surface area contributed by atoms with Crippen LogP contribution in [0.25, 0.3) is 16.3 Å². The number of carbonyl (C=O) groups excluding carboxylic acids is 1. The number of benzene rings is 2. The highest BCUT2D eigenvalue weighted by Crippen LogP contribution is 2.28. The predicted molar refractivity (Wildman–Crippen MR) is 102 cm³/mol. The molecule has 0 aliphatic carbocycles. The summed E-state index contributed by atoms with van der Waals surface area (Å²) in [7, 11) is -3.28. The zero-order chi connectivity index (χ0) is 18.0. The molecule has 0 saturated carbocycles. The molecular formula is C17H13ClN2O3S2. The summed E-state index contributed by atoms with van der Waals surface area (Å²) in [5.41, 5.74) is 1.36. The molecular weight excluding hydrogens is 380 g/mol. The van der Waals surface area contributed by atoms with Gasteiger partial charge in [0.2, 0.25) is 5.91 Å². The molecule has 3 rings (SSSR count). The maximum atomic E-state index is 12.0. The van der Waals surface area contributed by atoms with Gasteiger partial charge >= 0.3 is 0 Å². The number of fused-ring (bicyclic) bond motifs is 1. The molecule has 0 aliphatic rings. The Balaban J connectivity index is 1.78. The lowest BCUT2D eigenvalue weighted by molar-refractivity contribution is -0.111. The van der Waals surface area contributed by atoms with Crippen LogP contribution in [-0.2, 0) is 14.6 Å². The van der Waals surface area contributed by atoms with Crippen molar-refractivity contribution in [1.29, 1.82) is 0 Å². The van der Waals surface area contributed by atoms with Crippen molar-refractivity contribution in [3.05, 3.63) is 59.1 Å². The van der Waals surface area contributed by atoms with Crippen molar-refractivity contribution in [1.82, 2.24) is 4.98 Å². The van der Waals surface area contributed by atoms with E-state index in [0.717, 1.165) is 11.8 Å². The molecule has 2 aromatic carbocycles. The van der Waals surface area contributed by atoms with Crippen LogP contribution < -0.4 is 5.32 Å². The topological polar surface area (TPSA) is 76.1 Å². The first kappa shape index (κ1) is 17.6. The second-order valence-corrected chi connectivity index (χ2v) is 8.72. The molecule has 1 amide bonds.